The highest BCUT2D eigenvalue weighted by molar-refractivity contribution is 8.00. The van der Waals surface area contributed by atoms with E-state index in [-0.39, 0.29) is 27.7 Å². The molecule has 0 bridgehead atoms. The molecule has 180 valence electrons. The number of hydrogen-bond acceptors (Lipinski definition) is 7. The molecule has 0 aliphatic rings. The average Bonchev–Trinajstić information content (AvgIpc) is 2.86. The Morgan fingerprint density at radius 3 is 2.40 bits per heavy atom. The normalized spacial score (nSPS) is 11.0. The molecule has 0 saturated heterocycles. The molecule has 2 heterocycles. The Kier molecular flexibility index (Phi) is 7.15. The fourth-order valence-corrected chi connectivity index (χ4v) is 4.42. The van der Waals surface area contributed by atoms with Gasteiger partial charge in [0.15, 0.2) is 11.5 Å². The number of fused-ring (bicyclic) bond motifs is 1. The van der Waals surface area contributed by atoms with Crippen molar-refractivity contribution in [3.8, 4) is 17.1 Å². The number of nitrogens with one attached hydrogen (secondary N) is 1. The van der Waals surface area contributed by atoms with Crippen LogP contribution in [0.4, 0.5) is 5.69 Å². The lowest BCUT2D eigenvalue weighted by Crippen LogP contribution is -2.37. The number of benzene rings is 2. The zero-order valence-corrected chi connectivity index (χ0v) is 21.2. The number of aromatic nitrogens is 4. The number of hydrogen-bond donors (Lipinski definition) is 1. The third-order valence-corrected chi connectivity index (χ3v) is 6.87. The van der Waals surface area contributed by atoms with Gasteiger partial charge in [-0.3, -0.25) is 18.7 Å². The summed E-state index contributed by atoms with van der Waals surface area (Å²) >= 11 is 13.0. The van der Waals surface area contributed by atoms with Crippen molar-refractivity contribution in [3.63, 3.8) is 0 Å². The quantitative estimate of drug-likeness (QED) is 0.298. The number of thioether (sulfide) groups is 1. The largest absolute Gasteiger partial charge is 0.497 e. The highest BCUT2D eigenvalue weighted by Crippen LogP contribution is 2.28. The van der Waals surface area contributed by atoms with Gasteiger partial charge in [-0.25, -0.2) is 14.8 Å². The Morgan fingerprint density at radius 2 is 1.74 bits per heavy atom. The first-order chi connectivity index (χ1) is 16.7. The summed E-state index contributed by atoms with van der Waals surface area (Å²) in [6, 6.07) is 11.8. The Labute approximate surface area is 213 Å². The van der Waals surface area contributed by atoms with Crippen LogP contribution in [0, 0.1) is 0 Å². The van der Waals surface area contributed by atoms with Crippen molar-refractivity contribution in [1.29, 1.82) is 0 Å². The Morgan fingerprint density at radius 1 is 1.03 bits per heavy atom. The van der Waals surface area contributed by atoms with Crippen LogP contribution in [0.1, 0.15) is 0 Å². The van der Waals surface area contributed by atoms with Gasteiger partial charge in [0.25, 0.3) is 5.56 Å². The van der Waals surface area contributed by atoms with E-state index in [4.69, 9.17) is 27.9 Å². The highest BCUT2D eigenvalue weighted by atomic mass is 35.5. The molecule has 0 saturated carbocycles. The van der Waals surface area contributed by atoms with Crippen LogP contribution in [0.5, 0.6) is 5.75 Å². The summed E-state index contributed by atoms with van der Waals surface area (Å²) in [5, 5.41) is 3.85. The van der Waals surface area contributed by atoms with Gasteiger partial charge in [0, 0.05) is 25.3 Å². The predicted octanol–water partition coefficient (Wildman–Crippen LogP) is 3.74. The van der Waals surface area contributed by atoms with Crippen molar-refractivity contribution in [2.45, 2.75) is 5.03 Å². The molecule has 0 spiro atoms. The number of carbonyl (C=O) groups excluding carboxylic acids is 1. The summed E-state index contributed by atoms with van der Waals surface area (Å²) in [7, 11) is 4.47. The molecule has 4 rings (SSSR count). The maximum Gasteiger partial charge on any atom is 0.332 e. The van der Waals surface area contributed by atoms with E-state index >= 15 is 0 Å². The first kappa shape index (κ1) is 24.8. The van der Waals surface area contributed by atoms with Gasteiger partial charge in [-0.05, 0) is 42.5 Å². The zero-order chi connectivity index (χ0) is 25.3. The van der Waals surface area contributed by atoms with Crippen molar-refractivity contribution in [1.82, 2.24) is 19.1 Å². The molecule has 2 aromatic carbocycles. The van der Waals surface area contributed by atoms with Crippen LogP contribution in [0.15, 0.2) is 57.1 Å². The molecule has 9 nitrogen and oxygen atoms in total. The lowest BCUT2D eigenvalue weighted by molar-refractivity contribution is -0.113. The summed E-state index contributed by atoms with van der Waals surface area (Å²) in [5.41, 5.74) is 0.246. The van der Waals surface area contributed by atoms with Crippen molar-refractivity contribution in [3.05, 3.63) is 73.3 Å². The van der Waals surface area contributed by atoms with E-state index in [1.165, 1.54) is 18.7 Å². The Hall–Kier alpha value is -3.34. The third-order valence-electron chi connectivity index (χ3n) is 5.16. The van der Waals surface area contributed by atoms with Gasteiger partial charge in [-0.2, -0.15) is 0 Å². The van der Waals surface area contributed by atoms with E-state index in [0.29, 0.717) is 32.9 Å². The monoisotopic (exact) mass is 531 g/mol. The van der Waals surface area contributed by atoms with Crippen LogP contribution in [0.2, 0.25) is 10.0 Å². The minimum absolute atomic E-state index is 0.0552. The number of carbonyl (C=O) groups is 1. The molecule has 12 heteroatoms. The zero-order valence-electron chi connectivity index (χ0n) is 18.8. The second-order valence-corrected chi connectivity index (χ2v) is 9.23. The minimum atomic E-state index is -0.545. The third kappa shape index (κ3) is 5.04. The molecule has 0 fully saturated rings. The first-order valence-electron chi connectivity index (χ1n) is 10.2. The van der Waals surface area contributed by atoms with Crippen LogP contribution in [0.25, 0.3) is 22.4 Å². The number of anilines is 1. The second kappa shape index (κ2) is 10.1. The van der Waals surface area contributed by atoms with E-state index in [2.05, 4.69) is 15.3 Å². The smallest absolute Gasteiger partial charge is 0.332 e. The maximum atomic E-state index is 13.0. The second-order valence-electron chi connectivity index (χ2n) is 7.45. The van der Waals surface area contributed by atoms with E-state index < -0.39 is 11.2 Å². The number of amides is 1. The van der Waals surface area contributed by atoms with Crippen molar-refractivity contribution in [2.75, 3.05) is 18.2 Å². The minimum Gasteiger partial charge on any atom is -0.497 e. The summed E-state index contributed by atoms with van der Waals surface area (Å²) in [5.74, 6) is 0.563. The molecule has 1 N–H and O–H groups in total. The number of ether oxygens (including phenoxy) is 1. The van der Waals surface area contributed by atoms with Gasteiger partial charge >= 0.3 is 5.69 Å². The number of rotatable bonds is 6. The van der Waals surface area contributed by atoms with E-state index in [1.807, 2.05) is 0 Å². The van der Waals surface area contributed by atoms with Crippen molar-refractivity contribution in [2.24, 2.45) is 14.1 Å². The van der Waals surface area contributed by atoms with Gasteiger partial charge in [-0.15, -0.1) is 0 Å². The standard InChI is InChI=1S/C23H19Cl2N5O4S/c1-29-20-18(22(32)30(2)23(29)33)21(28-19(27-20)12-4-7-14(34-3)8-5-12)35-11-17(31)26-13-6-9-15(24)16(25)10-13/h4-10H,11H2,1-3H3,(H,26,31). The molecule has 0 unspecified atom stereocenters. The SMILES string of the molecule is COc1ccc(-c2nc(SCC(=O)Nc3ccc(Cl)c(Cl)c3)c3c(=O)n(C)c(=O)n(C)c3n2)cc1. The summed E-state index contributed by atoms with van der Waals surface area (Å²) in [6.07, 6.45) is 0. The van der Waals surface area contributed by atoms with Gasteiger partial charge in [0.2, 0.25) is 5.91 Å². The number of nitrogens with zero attached hydrogens (tertiary/aromatic N) is 4. The van der Waals surface area contributed by atoms with E-state index in [0.717, 1.165) is 16.3 Å². The van der Waals surface area contributed by atoms with Crippen LogP contribution in [0.3, 0.4) is 0 Å². The molecule has 4 aromatic rings. The lowest BCUT2D eigenvalue weighted by Gasteiger charge is -2.12. The first-order valence-corrected chi connectivity index (χ1v) is 11.9. The van der Waals surface area contributed by atoms with Crippen molar-refractivity contribution >= 4 is 57.6 Å². The lowest BCUT2D eigenvalue weighted by atomic mass is 10.2. The molecule has 2 aromatic heterocycles. The fraction of sp³-hybridized carbons (Fsp3) is 0.174. The average molecular weight is 532 g/mol. The maximum absolute atomic E-state index is 13.0. The topological polar surface area (TPSA) is 108 Å². The summed E-state index contributed by atoms with van der Waals surface area (Å²) in [6.45, 7) is 0. The Balaban J connectivity index is 1.74. The van der Waals surface area contributed by atoms with Crippen LogP contribution >= 0.6 is 35.0 Å². The molecule has 0 radical (unpaired) electrons. The van der Waals surface area contributed by atoms with Crippen LogP contribution < -0.4 is 21.3 Å². The number of methoxy groups -OCH3 is 1. The summed E-state index contributed by atoms with van der Waals surface area (Å²) in [4.78, 5) is 47.2. The molecule has 0 atom stereocenters. The fourth-order valence-electron chi connectivity index (χ4n) is 3.31. The Bertz CT molecular complexity index is 1570. The van der Waals surface area contributed by atoms with Gasteiger partial charge in [-0.1, -0.05) is 35.0 Å². The van der Waals surface area contributed by atoms with Gasteiger partial charge in [0.1, 0.15) is 16.2 Å². The molecule has 1 amide bonds. The summed E-state index contributed by atoms with van der Waals surface area (Å²) < 4.78 is 7.46. The molecular formula is C23H19Cl2N5O4S. The molecule has 0 aliphatic carbocycles. The number of aryl methyl sites for hydroxylation is 1. The van der Waals surface area contributed by atoms with Gasteiger partial charge < -0.3 is 10.1 Å². The van der Waals surface area contributed by atoms with Gasteiger partial charge in [0.05, 0.1) is 22.9 Å². The number of halogens is 2. The van der Waals surface area contributed by atoms with Crippen molar-refractivity contribution < 1.29 is 9.53 Å². The molecule has 35 heavy (non-hydrogen) atoms. The van der Waals surface area contributed by atoms with E-state index in [9.17, 15) is 14.4 Å². The highest BCUT2D eigenvalue weighted by Gasteiger charge is 2.19. The van der Waals surface area contributed by atoms with Crippen LogP contribution in [-0.2, 0) is 18.9 Å². The molecule has 0 aliphatic heterocycles. The van der Waals surface area contributed by atoms with Crippen LogP contribution in [-0.4, -0.2) is 37.9 Å². The van der Waals surface area contributed by atoms with E-state index in [1.54, 1.807) is 49.6 Å². The predicted molar refractivity (Wildman–Crippen MR) is 138 cm³/mol. The molecular weight excluding hydrogens is 513 g/mol.